The Bertz CT molecular complexity index is 780. The predicted molar refractivity (Wildman–Crippen MR) is 104 cm³/mol. The van der Waals surface area contributed by atoms with E-state index in [1.807, 2.05) is 31.2 Å². The number of carbonyl (C=O) groups excluding carboxylic acids is 2. The van der Waals surface area contributed by atoms with Crippen LogP contribution in [0.4, 0.5) is 15.5 Å². The Morgan fingerprint density at radius 1 is 1.15 bits per heavy atom. The van der Waals surface area contributed by atoms with Crippen molar-refractivity contribution in [3.05, 3.63) is 46.3 Å². The first-order valence-electron chi connectivity index (χ1n) is 8.63. The van der Waals surface area contributed by atoms with E-state index in [1.54, 1.807) is 6.07 Å². The summed E-state index contributed by atoms with van der Waals surface area (Å²) in [5, 5.41) is 6.01. The highest BCUT2D eigenvalue weighted by atomic mass is 32.1. The molecule has 0 bridgehead atoms. The molecule has 0 aliphatic carbocycles. The van der Waals surface area contributed by atoms with E-state index in [0.29, 0.717) is 16.3 Å². The average Bonchev–Trinajstić information content (AvgIpc) is 3.25. The zero-order chi connectivity index (χ0) is 18.5. The molecular weight excluding hydrogens is 350 g/mol. The molecule has 0 radical (unpaired) electrons. The fraction of sp³-hybridized carbons (Fsp3) is 0.368. The van der Waals surface area contributed by atoms with E-state index in [0.717, 1.165) is 24.5 Å². The fourth-order valence-corrected chi connectivity index (χ4v) is 3.92. The lowest BCUT2D eigenvalue weighted by Gasteiger charge is -2.15. The number of nitrogens with zero attached hydrogens (tertiary/aromatic N) is 1. The second kappa shape index (κ2) is 8.33. The molecular formula is C19H23N3O3S. The molecule has 3 rings (SSSR count). The molecule has 2 amide bonds. The zero-order valence-corrected chi connectivity index (χ0v) is 15.8. The molecule has 1 saturated heterocycles. The van der Waals surface area contributed by atoms with Gasteiger partial charge in [-0.3, -0.25) is 10.2 Å². The van der Waals surface area contributed by atoms with Crippen molar-refractivity contribution in [3.63, 3.8) is 0 Å². The average molecular weight is 373 g/mol. The number of aryl methyl sites for hydroxylation is 1. The Morgan fingerprint density at radius 2 is 1.85 bits per heavy atom. The van der Waals surface area contributed by atoms with Gasteiger partial charge in [-0.05, 0) is 56.6 Å². The number of benzene rings is 1. The quantitative estimate of drug-likeness (QED) is 0.775. The number of amides is 2. The van der Waals surface area contributed by atoms with Gasteiger partial charge in [0.1, 0.15) is 5.00 Å². The third-order valence-electron chi connectivity index (χ3n) is 4.30. The number of carbonyl (C=O) groups is 2. The fourth-order valence-electron chi connectivity index (χ4n) is 3.03. The standard InChI is InChI=1S/C19H23N3O3S/c1-13-11-16(18(23)25-2)17(26-13)21-19(24)20-15-7-5-14(6-8-15)12-22-9-3-4-10-22/h5-8,11H,3-4,9-10,12H2,1-2H3,(H2,20,21,24). The van der Waals surface area contributed by atoms with Gasteiger partial charge < -0.3 is 10.1 Å². The van der Waals surface area contributed by atoms with Crippen molar-refractivity contribution in [2.45, 2.75) is 26.3 Å². The first-order valence-corrected chi connectivity index (χ1v) is 9.45. The molecule has 1 aromatic heterocycles. The molecule has 26 heavy (non-hydrogen) atoms. The minimum absolute atomic E-state index is 0.367. The third kappa shape index (κ3) is 4.62. The van der Waals surface area contributed by atoms with Gasteiger partial charge in [0.25, 0.3) is 0 Å². The van der Waals surface area contributed by atoms with Crippen LogP contribution < -0.4 is 10.6 Å². The number of anilines is 2. The van der Waals surface area contributed by atoms with Crippen molar-refractivity contribution in [2.24, 2.45) is 0 Å². The number of nitrogens with one attached hydrogen (secondary N) is 2. The molecule has 1 fully saturated rings. The molecule has 0 unspecified atom stereocenters. The van der Waals surface area contributed by atoms with Crippen LogP contribution >= 0.6 is 11.3 Å². The van der Waals surface area contributed by atoms with Crippen LogP contribution in [0.25, 0.3) is 0 Å². The summed E-state index contributed by atoms with van der Waals surface area (Å²) in [7, 11) is 1.32. The van der Waals surface area contributed by atoms with E-state index in [9.17, 15) is 9.59 Å². The number of likely N-dealkylation sites (tertiary alicyclic amines) is 1. The lowest BCUT2D eigenvalue weighted by atomic mass is 10.2. The van der Waals surface area contributed by atoms with Gasteiger partial charge in [-0.2, -0.15) is 0 Å². The second-order valence-corrected chi connectivity index (χ2v) is 7.61. The van der Waals surface area contributed by atoms with Crippen LogP contribution in [0.2, 0.25) is 0 Å². The van der Waals surface area contributed by atoms with Gasteiger partial charge in [0, 0.05) is 17.1 Å². The number of esters is 1. The van der Waals surface area contributed by atoms with E-state index >= 15 is 0 Å². The summed E-state index contributed by atoms with van der Waals surface area (Å²) in [6.07, 6.45) is 2.55. The number of rotatable bonds is 5. The summed E-state index contributed by atoms with van der Waals surface area (Å²) in [5.74, 6) is -0.462. The largest absolute Gasteiger partial charge is 0.465 e. The maximum absolute atomic E-state index is 12.2. The lowest BCUT2D eigenvalue weighted by molar-refractivity contribution is 0.0602. The molecule has 0 atom stereocenters. The summed E-state index contributed by atoms with van der Waals surface area (Å²) in [4.78, 5) is 27.4. The molecule has 6 nitrogen and oxygen atoms in total. The summed E-state index contributed by atoms with van der Waals surface area (Å²) in [6, 6.07) is 9.17. The molecule has 1 aliphatic heterocycles. The number of urea groups is 1. The Morgan fingerprint density at radius 3 is 2.50 bits per heavy atom. The minimum atomic E-state index is -0.462. The molecule has 1 aromatic carbocycles. The molecule has 2 N–H and O–H groups in total. The summed E-state index contributed by atoms with van der Waals surface area (Å²) >= 11 is 1.34. The van der Waals surface area contributed by atoms with Crippen molar-refractivity contribution < 1.29 is 14.3 Å². The Labute approximate surface area is 157 Å². The SMILES string of the molecule is COC(=O)c1cc(C)sc1NC(=O)Nc1ccc(CN2CCCC2)cc1. The molecule has 2 aromatic rings. The van der Waals surface area contributed by atoms with Crippen molar-refractivity contribution >= 4 is 34.0 Å². The van der Waals surface area contributed by atoms with Crippen LogP contribution in [0.5, 0.6) is 0 Å². The van der Waals surface area contributed by atoms with Crippen LogP contribution in [0.15, 0.2) is 30.3 Å². The maximum atomic E-state index is 12.2. The predicted octanol–water partition coefficient (Wildman–Crippen LogP) is 4.08. The highest BCUT2D eigenvalue weighted by Gasteiger charge is 2.17. The van der Waals surface area contributed by atoms with E-state index in [-0.39, 0.29) is 6.03 Å². The van der Waals surface area contributed by atoms with Gasteiger partial charge in [-0.1, -0.05) is 12.1 Å². The summed E-state index contributed by atoms with van der Waals surface area (Å²) in [5.41, 5.74) is 2.31. The lowest BCUT2D eigenvalue weighted by Crippen LogP contribution is -2.20. The van der Waals surface area contributed by atoms with Gasteiger partial charge in [-0.15, -0.1) is 11.3 Å². The maximum Gasteiger partial charge on any atom is 0.340 e. The Balaban J connectivity index is 1.59. The van der Waals surface area contributed by atoms with E-state index in [2.05, 4.69) is 15.5 Å². The molecule has 7 heteroatoms. The van der Waals surface area contributed by atoms with Crippen LogP contribution in [0.1, 0.15) is 33.6 Å². The third-order valence-corrected chi connectivity index (χ3v) is 5.27. The first kappa shape index (κ1) is 18.4. The van der Waals surface area contributed by atoms with Crippen LogP contribution in [-0.4, -0.2) is 37.1 Å². The van der Waals surface area contributed by atoms with E-state index < -0.39 is 5.97 Å². The first-order chi connectivity index (χ1) is 12.5. The molecule has 138 valence electrons. The van der Waals surface area contributed by atoms with E-state index in [4.69, 9.17) is 4.74 Å². The van der Waals surface area contributed by atoms with Gasteiger partial charge >= 0.3 is 12.0 Å². The van der Waals surface area contributed by atoms with Gasteiger partial charge in [0.15, 0.2) is 0 Å². The number of hydrogen-bond acceptors (Lipinski definition) is 5. The number of methoxy groups -OCH3 is 1. The highest BCUT2D eigenvalue weighted by Crippen LogP contribution is 2.28. The van der Waals surface area contributed by atoms with Crippen molar-refractivity contribution in [2.75, 3.05) is 30.8 Å². The van der Waals surface area contributed by atoms with Crippen LogP contribution in [0, 0.1) is 6.92 Å². The van der Waals surface area contributed by atoms with Gasteiger partial charge in [-0.25, -0.2) is 9.59 Å². The van der Waals surface area contributed by atoms with Crippen LogP contribution in [-0.2, 0) is 11.3 Å². The second-order valence-electron chi connectivity index (χ2n) is 6.35. The number of ether oxygens (including phenoxy) is 1. The van der Waals surface area contributed by atoms with Gasteiger partial charge in [0.05, 0.1) is 12.7 Å². The monoisotopic (exact) mass is 373 g/mol. The van der Waals surface area contributed by atoms with Crippen LogP contribution in [0.3, 0.4) is 0 Å². The molecule has 2 heterocycles. The normalized spacial score (nSPS) is 14.2. The number of hydrogen-bond donors (Lipinski definition) is 2. The zero-order valence-electron chi connectivity index (χ0n) is 15.0. The van der Waals surface area contributed by atoms with Crippen molar-refractivity contribution in [1.29, 1.82) is 0 Å². The highest BCUT2D eigenvalue weighted by molar-refractivity contribution is 7.16. The van der Waals surface area contributed by atoms with Crippen molar-refractivity contribution in [1.82, 2.24) is 4.90 Å². The smallest absolute Gasteiger partial charge is 0.340 e. The Kier molecular flexibility index (Phi) is 5.90. The topological polar surface area (TPSA) is 70.7 Å². The summed E-state index contributed by atoms with van der Waals surface area (Å²) in [6.45, 7) is 5.14. The van der Waals surface area contributed by atoms with E-state index in [1.165, 1.54) is 36.9 Å². The molecule has 0 spiro atoms. The minimum Gasteiger partial charge on any atom is -0.465 e. The van der Waals surface area contributed by atoms with Gasteiger partial charge in [0.2, 0.25) is 0 Å². The Hall–Kier alpha value is -2.38. The molecule has 1 aliphatic rings. The number of thiophene rings is 1. The van der Waals surface area contributed by atoms with Crippen molar-refractivity contribution in [3.8, 4) is 0 Å². The summed E-state index contributed by atoms with van der Waals surface area (Å²) < 4.78 is 4.75. The molecule has 0 saturated carbocycles.